The minimum atomic E-state index is 0.0259. The Kier molecular flexibility index (Phi) is 7.07. The van der Waals surface area contributed by atoms with Crippen molar-refractivity contribution in [3.8, 4) is 12.1 Å². The molecule has 0 bridgehead atoms. The summed E-state index contributed by atoms with van der Waals surface area (Å²) >= 11 is 6.63. The van der Waals surface area contributed by atoms with Gasteiger partial charge in [0.05, 0.1) is 28.9 Å². The van der Waals surface area contributed by atoms with Crippen molar-refractivity contribution in [1.82, 2.24) is 14.9 Å². The van der Waals surface area contributed by atoms with Crippen LogP contribution in [0.2, 0.25) is 5.02 Å². The molecule has 0 saturated heterocycles. The SMILES string of the molecule is C=C/C(C)=C(C)\C=C\Oc1nc2cc(Cl)c(C3C=CC(N(C)C)=C(C(=C)C#N)C3)cc2[nH]1. The minimum absolute atomic E-state index is 0.0259. The molecule has 0 aliphatic heterocycles. The first-order valence-corrected chi connectivity index (χ1v) is 10.6. The Morgan fingerprint density at radius 2 is 2.09 bits per heavy atom. The maximum atomic E-state index is 9.40. The number of aromatic nitrogens is 2. The molecule has 1 aromatic carbocycles. The number of halogens is 1. The standard InChI is InChI=1S/C26H27ClN4O/c1-7-16(2)17(3)10-11-32-26-29-23-13-21(22(27)14-24(23)30-26)19-8-9-25(31(5)6)20(12-19)18(4)15-28/h7-11,13-14,19H,1,4,12H2,2-3,5-6H3,(H,29,30)/b11-10+,17-16-. The van der Waals surface area contributed by atoms with Crippen LogP contribution in [0.1, 0.15) is 31.7 Å². The van der Waals surface area contributed by atoms with E-state index in [4.69, 9.17) is 16.3 Å². The van der Waals surface area contributed by atoms with Gasteiger partial charge in [0.15, 0.2) is 0 Å². The summed E-state index contributed by atoms with van der Waals surface area (Å²) in [7, 11) is 3.92. The van der Waals surface area contributed by atoms with Crippen molar-refractivity contribution in [3.05, 3.63) is 94.4 Å². The lowest BCUT2D eigenvalue weighted by Crippen LogP contribution is -2.17. The zero-order chi connectivity index (χ0) is 23.4. The van der Waals surface area contributed by atoms with Gasteiger partial charge in [-0.1, -0.05) is 36.9 Å². The highest BCUT2D eigenvalue weighted by Crippen LogP contribution is 2.39. The molecule has 0 radical (unpaired) electrons. The maximum Gasteiger partial charge on any atom is 0.299 e. The first-order valence-electron chi connectivity index (χ1n) is 10.3. The Morgan fingerprint density at radius 1 is 1.34 bits per heavy atom. The van der Waals surface area contributed by atoms with E-state index in [9.17, 15) is 5.26 Å². The summed E-state index contributed by atoms with van der Waals surface area (Å²) < 4.78 is 5.65. The molecule has 1 aliphatic carbocycles. The van der Waals surface area contributed by atoms with Crippen LogP contribution >= 0.6 is 11.6 Å². The Morgan fingerprint density at radius 3 is 2.75 bits per heavy atom. The van der Waals surface area contributed by atoms with Gasteiger partial charge in [0.25, 0.3) is 6.01 Å². The number of aromatic amines is 1. The molecule has 0 amide bonds. The van der Waals surface area contributed by atoms with Crippen LogP contribution in [0, 0.1) is 11.3 Å². The molecular weight excluding hydrogens is 420 g/mol. The van der Waals surface area contributed by atoms with E-state index in [-0.39, 0.29) is 5.92 Å². The van der Waals surface area contributed by atoms with Crippen molar-refractivity contribution in [1.29, 1.82) is 5.26 Å². The van der Waals surface area contributed by atoms with Gasteiger partial charge in [0.2, 0.25) is 0 Å². The Hall–Kier alpha value is -3.49. The van der Waals surface area contributed by atoms with Crippen molar-refractivity contribution in [2.24, 2.45) is 0 Å². The summed E-state index contributed by atoms with van der Waals surface area (Å²) in [6.07, 6.45) is 10.1. The van der Waals surface area contributed by atoms with Gasteiger partial charge in [-0.3, -0.25) is 0 Å². The summed E-state index contributed by atoms with van der Waals surface area (Å²) in [4.78, 5) is 9.67. The van der Waals surface area contributed by atoms with Crippen molar-refractivity contribution in [2.45, 2.75) is 26.2 Å². The van der Waals surface area contributed by atoms with Crippen LogP contribution in [0.5, 0.6) is 6.01 Å². The number of rotatable bonds is 7. The van der Waals surface area contributed by atoms with E-state index in [1.807, 2.05) is 57.1 Å². The smallest absolute Gasteiger partial charge is 0.299 e. The predicted molar refractivity (Wildman–Crippen MR) is 131 cm³/mol. The first kappa shape index (κ1) is 23.2. The molecule has 1 aliphatic rings. The van der Waals surface area contributed by atoms with Crippen molar-refractivity contribution < 1.29 is 4.74 Å². The highest BCUT2D eigenvalue weighted by Gasteiger charge is 2.23. The van der Waals surface area contributed by atoms with Crippen LogP contribution in [-0.4, -0.2) is 29.0 Å². The number of allylic oxidation sites excluding steroid dienone is 8. The maximum absolute atomic E-state index is 9.40. The van der Waals surface area contributed by atoms with Gasteiger partial charge in [-0.15, -0.1) is 0 Å². The monoisotopic (exact) mass is 446 g/mol. The number of hydrogen-bond donors (Lipinski definition) is 1. The molecule has 1 N–H and O–H groups in total. The van der Waals surface area contributed by atoms with E-state index in [0.717, 1.165) is 39.0 Å². The third-order valence-corrected chi connectivity index (χ3v) is 5.93. The largest absolute Gasteiger partial charge is 0.434 e. The Labute approximate surface area is 194 Å². The highest BCUT2D eigenvalue weighted by atomic mass is 35.5. The molecule has 2 aromatic rings. The fourth-order valence-electron chi connectivity index (χ4n) is 3.54. The van der Waals surface area contributed by atoms with Gasteiger partial charge in [0.1, 0.15) is 0 Å². The quantitative estimate of drug-likeness (QED) is 0.296. The lowest BCUT2D eigenvalue weighted by Gasteiger charge is -2.27. The molecule has 164 valence electrons. The highest BCUT2D eigenvalue weighted by molar-refractivity contribution is 6.32. The van der Waals surface area contributed by atoms with Crippen molar-refractivity contribution in [2.75, 3.05) is 14.1 Å². The van der Waals surface area contributed by atoms with Gasteiger partial charge in [-0.2, -0.15) is 10.2 Å². The van der Waals surface area contributed by atoms with Crippen LogP contribution in [0.15, 0.2) is 83.8 Å². The number of imidazole rings is 1. The molecule has 32 heavy (non-hydrogen) atoms. The van der Waals surface area contributed by atoms with Gasteiger partial charge < -0.3 is 14.6 Å². The van der Waals surface area contributed by atoms with Crippen molar-refractivity contribution >= 4 is 22.6 Å². The number of benzene rings is 1. The third-order valence-electron chi connectivity index (χ3n) is 5.60. The molecule has 3 rings (SSSR count). The Bertz CT molecular complexity index is 1230. The van der Waals surface area contributed by atoms with E-state index >= 15 is 0 Å². The molecule has 1 heterocycles. The van der Waals surface area contributed by atoms with Gasteiger partial charge in [0, 0.05) is 30.7 Å². The number of hydrogen-bond acceptors (Lipinski definition) is 4. The minimum Gasteiger partial charge on any atom is -0.434 e. The van der Waals surface area contributed by atoms with E-state index < -0.39 is 0 Å². The zero-order valence-corrected chi connectivity index (χ0v) is 19.6. The third kappa shape index (κ3) is 4.87. The Balaban J connectivity index is 1.88. The molecule has 0 fully saturated rings. The van der Waals surface area contributed by atoms with E-state index in [0.29, 0.717) is 23.0 Å². The number of fused-ring (bicyclic) bond motifs is 1. The fourth-order valence-corrected chi connectivity index (χ4v) is 3.83. The van der Waals surface area contributed by atoms with Crippen molar-refractivity contribution in [3.63, 3.8) is 0 Å². The van der Waals surface area contributed by atoms with Gasteiger partial charge in [-0.25, -0.2) is 0 Å². The number of likely N-dealkylation sites (N-methyl/N-ethyl adjacent to an activating group) is 1. The average Bonchev–Trinajstić information content (AvgIpc) is 3.18. The zero-order valence-electron chi connectivity index (χ0n) is 18.9. The second-order valence-corrected chi connectivity index (χ2v) is 8.35. The molecule has 1 atom stereocenters. The van der Waals surface area contributed by atoms with E-state index in [1.54, 1.807) is 12.3 Å². The number of H-pyrrole nitrogens is 1. The first-order chi connectivity index (χ1) is 15.2. The summed E-state index contributed by atoms with van der Waals surface area (Å²) in [6, 6.07) is 6.41. The van der Waals surface area contributed by atoms with Crippen LogP contribution in [0.4, 0.5) is 0 Å². The average molecular weight is 447 g/mol. The van der Waals surface area contributed by atoms with Gasteiger partial charge >= 0.3 is 0 Å². The number of nitrogens with one attached hydrogen (secondary N) is 1. The molecule has 1 aromatic heterocycles. The fraction of sp³-hybridized carbons (Fsp3) is 0.231. The summed E-state index contributed by atoms with van der Waals surface area (Å²) in [5, 5.41) is 10.0. The second-order valence-electron chi connectivity index (χ2n) is 7.94. The molecule has 5 nitrogen and oxygen atoms in total. The summed E-state index contributed by atoms with van der Waals surface area (Å²) in [5.41, 5.74) is 7.05. The summed E-state index contributed by atoms with van der Waals surface area (Å²) in [6.45, 7) is 11.7. The lowest BCUT2D eigenvalue weighted by molar-refractivity contribution is 0.447. The molecule has 6 heteroatoms. The topological polar surface area (TPSA) is 64.9 Å². The molecular formula is C26H27ClN4O. The molecule has 0 spiro atoms. The lowest BCUT2D eigenvalue weighted by atomic mass is 9.84. The van der Waals surface area contributed by atoms with Crippen LogP contribution in [0.25, 0.3) is 11.0 Å². The normalized spacial score (nSPS) is 16.8. The van der Waals surface area contributed by atoms with Gasteiger partial charge in [-0.05, 0) is 66.8 Å². The molecule has 0 saturated carbocycles. The van der Waals surface area contributed by atoms with Crippen LogP contribution in [0.3, 0.4) is 0 Å². The summed E-state index contributed by atoms with van der Waals surface area (Å²) in [5.74, 6) is 0.0259. The number of ether oxygens (including phenoxy) is 1. The number of nitriles is 1. The second kappa shape index (κ2) is 9.76. The van der Waals surface area contributed by atoms with E-state index in [2.05, 4.69) is 35.3 Å². The molecule has 1 unspecified atom stereocenters. The van der Waals surface area contributed by atoms with Crippen LogP contribution < -0.4 is 4.74 Å². The number of nitrogens with zero attached hydrogens (tertiary/aromatic N) is 3. The predicted octanol–water partition coefficient (Wildman–Crippen LogP) is 6.57. The van der Waals surface area contributed by atoms with E-state index in [1.165, 1.54) is 0 Å². The van der Waals surface area contributed by atoms with Crippen LogP contribution in [-0.2, 0) is 0 Å².